The highest BCUT2D eigenvalue weighted by Gasteiger charge is 2.40. The number of fused-ring (bicyclic) bond motifs is 1. The maximum absolute atomic E-state index is 12.2. The van der Waals surface area contributed by atoms with Crippen molar-refractivity contribution in [1.29, 1.82) is 0 Å². The zero-order chi connectivity index (χ0) is 14.8. The molecule has 1 aliphatic rings. The van der Waals surface area contributed by atoms with Crippen LogP contribution in [-0.4, -0.2) is 32.5 Å². The van der Waals surface area contributed by atoms with E-state index in [2.05, 4.69) is 28.7 Å². The smallest absolute Gasteiger partial charge is 0.223 e. The Morgan fingerprint density at radius 3 is 3.05 bits per heavy atom. The molecule has 2 aromatic rings. The van der Waals surface area contributed by atoms with Crippen molar-refractivity contribution in [2.24, 2.45) is 11.8 Å². The lowest BCUT2D eigenvalue weighted by molar-refractivity contribution is -0.123. The van der Waals surface area contributed by atoms with E-state index in [4.69, 9.17) is 0 Å². The second-order valence-corrected chi connectivity index (χ2v) is 6.63. The largest absolute Gasteiger partial charge is 0.346 e. The van der Waals surface area contributed by atoms with Gasteiger partial charge in [0.1, 0.15) is 0 Å². The van der Waals surface area contributed by atoms with Gasteiger partial charge < -0.3 is 5.32 Å². The summed E-state index contributed by atoms with van der Waals surface area (Å²) in [5.41, 5.74) is 0.815. The molecule has 2 heterocycles. The van der Waals surface area contributed by atoms with Crippen molar-refractivity contribution in [2.45, 2.75) is 25.8 Å². The topological polar surface area (TPSA) is 59.3 Å². The van der Waals surface area contributed by atoms with Gasteiger partial charge in [-0.15, -0.1) is 10.2 Å². The van der Waals surface area contributed by atoms with Crippen LogP contribution in [0.2, 0.25) is 0 Å². The standard InChI is InChI=1S/C15H20N4OS/c1-10-9-11(10)15(20)16-12(6-8-21-2)14-18-17-13-5-3-4-7-19(13)14/h3-5,7,10-12H,6,8-9H2,1-2H3,(H,16,20). The highest BCUT2D eigenvalue weighted by atomic mass is 32.2. The van der Waals surface area contributed by atoms with Crippen LogP contribution in [0.4, 0.5) is 0 Å². The van der Waals surface area contributed by atoms with Crippen molar-refractivity contribution in [2.75, 3.05) is 12.0 Å². The minimum Gasteiger partial charge on any atom is -0.346 e. The second kappa shape index (κ2) is 6.05. The van der Waals surface area contributed by atoms with Crippen LogP contribution in [-0.2, 0) is 4.79 Å². The van der Waals surface area contributed by atoms with Gasteiger partial charge in [0, 0.05) is 12.1 Å². The first kappa shape index (κ1) is 14.4. The molecule has 3 unspecified atom stereocenters. The first-order valence-corrected chi connectivity index (χ1v) is 8.69. The van der Waals surface area contributed by atoms with Crippen molar-refractivity contribution in [3.05, 3.63) is 30.2 Å². The average molecular weight is 304 g/mol. The van der Waals surface area contributed by atoms with Crippen LogP contribution >= 0.6 is 11.8 Å². The minimum absolute atomic E-state index is 0.0739. The fourth-order valence-corrected chi connectivity index (χ4v) is 3.04. The van der Waals surface area contributed by atoms with Crippen LogP contribution in [0, 0.1) is 11.8 Å². The molecule has 6 heteroatoms. The van der Waals surface area contributed by atoms with Gasteiger partial charge in [-0.2, -0.15) is 11.8 Å². The van der Waals surface area contributed by atoms with Crippen LogP contribution in [0.3, 0.4) is 0 Å². The number of aromatic nitrogens is 3. The molecule has 3 rings (SSSR count). The Bertz CT molecular complexity index is 641. The Hall–Kier alpha value is -1.56. The second-order valence-electron chi connectivity index (χ2n) is 5.65. The highest BCUT2D eigenvalue weighted by molar-refractivity contribution is 7.98. The van der Waals surface area contributed by atoms with Gasteiger partial charge in [-0.05, 0) is 42.9 Å². The van der Waals surface area contributed by atoms with Crippen LogP contribution in [0.1, 0.15) is 31.6 Å². The van der Waals surface area contributed by atoms with E-state index in [1.165, 1.54) is 0 Å². The summed E-state index contributed by atoms with van der Waals surface area (Å²) in [5, 5.41) is 11.6. The Kier molecular flexibility index (Phi) is 4.14. The molecular formula is C15H20N4OS. The molecule has 1 aliphatic carbocycles. The van der Waals surface area contributed by atoms with Gasteiger partial charge in [-0.1, -0.05) is 13.0 Å². The molecule has 21 heavy (non-hydrogen) atoms. The van der Waals surface area contributed by atoms with E-state index in [1.54, 1.807) is 11.8 Å². The first-order valence-electron chi connectivity index (χ1n) is 7.29. The van der Waals surface area contributed by atoms with Crippen LogP contribution in [0.25, 0.3) is 5.65 Å². The predicted octanol–water partition coefficient (Wildman–Crippen LogP) is 2.30. The lowest BCUT2D eigenvalue weighted by Crippen LogP contribution is -2.31. The molecule has 3 atom stereocenters. The van der Waals surface area contributed by atoms with Gasteiger partial charge in [0.05, 0.1) is 6.04 Å². The number of pyridine rings is 1. The Labute approximate surface area is 128 Å². The number of rotatable bonds is 6. The fraction of sp³-hybridized carbons (Fsp3) is 0.533. The van der Waals surface area contributed by atoms with Crippen molar-refractivity contribution < 1.29 is 4.79 Å². The SMILES string of the molecule is CSCCC(NC(=O)C1CC1C)c1nnc2ccccn12. The van der Waals surface area contributed by atoms with E-state index >= 15 is 0 Å². The van der Waals surface area contributed by atoms with Crippen molar-refractivity contribution in [3.63, 3.8) is 0 Å². The number of nitrogens with one attached hydrogen (secondary N) is 1. The van der Waals surface area contributed by atoms with E-state index in [0.717, 1.165) is 30.1 Å². The molecule has 2 aromatic heterocycles. The summed E-state index contributed by atoms with van der Waals surface area (Å²) in [7, 11) is 0. The van der Waals surface area contributed by atoms with Gasteiger partial charge >= 0.3 is 0 Å². The summed E-state index contributed by atoms with van der Waals surface area (Å²) in [4.78, 5) is 12.2. The van der Waals surface area contributed by atoms with Gasteiger partial charge in [0.15, 0.2) is 11.5 Å². The molecule has 0 aliphatic heterocycles. The molecule has 1 fully saturated rings. The number of thioether (sulfide) groups is 1. The predicted molar refractivity (Wildman–Crippen MR) is 84.1 cm³/mol. The first-order chi connectivity index (χ1) is 10.2. The number of nitrogens with zero attached hydrogens (tertiary/aromatic N) is 3. The van der Waals surface area contributed by atoms with E-state index in [0.29, 0.717) is 5.92 Å². The lowest BCUT2D eigenvalue weighted by atomic mass is 10.2. The summed E-state index contributed by atoms with van der Waals surface area (Å²) in [6, 6.07) is 5.74. The number of amides is 1. The molecule has 112 valence electrons. The maximum Gasteiger partial charge on any atom is 0.223 e. The zero-order valence-electron chi connectivity index (χ0n) is 12.3. The van der Waals surface area contributed by atoms with E-state index in [9.17, 15) is 4.79 Å². The number of hydrogen-bond donors (Lipinski definition) is 1. The third-order valence-corrected chi connectivity index (χ3v) is 4.67. The molecule has 5 nitrogen and oxygen atoms in total. The molecule has 0 spiro atoms. The van der Waals surface area contributed by atoms with E-state index in [-0.39, 0.29) is 17.9 Å². The quantitative estimate of drug-likeness (QED) is 0.889. The normalized spacial score (nSPS) is 22.2. The zero-order valence-corrected chi connectivity index (χ0v) is 13.1. The van der Waals surface area contributed by atoms with E-state index < -0.39 is 0 Å². The van der Waals surface area contributed by atoms with Gasteiger partial charge in [-0.25, -0.2) is 0 Å². The summed E-state index contributed by atoms with van der Waals surface area (Å²) in [5.74, 6) is 2.65. The van der Waals surface area contributed by atoms with E-state index in [1.807, 2.05) is 28.8 Å². The molecule has 0 aromatic carbocycles. The summed E-state index contributed by atoms with van der Waals surface area (Å²) in [6.45, 7) is 2.12. The van der Waals surface area contributed by atoms with Crippen molar-refractivity contribution in [3.8, 4) is 0 Å². The Morgan fingerprint density at radius 1 is 1.52 bits per heavy atom. The highest BCUT2D eigenvalue weighted by Crippen LogP contribution is 2.38. The third kappa shape index (κ3) is 3.05. The monoisotopic (exact) mass is 304 g/mol. The van der Waals surface area contributed by atoms with Crippen molar-refractivity contribution in [1.82, 2.24) is 19.9 Å². The Balaban J connectivity index is 1.82. The van der Waals surface area contributed by atoms with Gasteiger partial charge in [0.25, 0.3) is 0 Å². The molecule has 0 saturated heterocycles. The Morgan fingerprint density at radius 2 is 2.33 bits per heavy atom. The van der Waals surface area contributed by atoms with Crippen molar-refractivity contribution >= 4 is 23.3 Å². The van der Waals surface area contributed by atoms with Gasteiger partial charge in [-0.3, -0.25) is 9.20 Å². The molecule has 1 saturated carbocycles. The molecule has 1 N–H and O–H groups in total. The minimum atomic E-state index is -0.0739. The molecule has 1 amide bonds. The fourth-order valence-electron chi connectivity index (χ4n) is 2.57. The van der Waals surface area contributed by atoms with Crippen LogP contribution in [0.5, 0.6) is 0 Å². The molecule has 0 radical (unpaired) electrons. The van der Waals surface area contributed by atoms with Crippen LogP contribution < -0.4 is 5.32 Å². The number of carbonyl (C=O) groups excluding carboxylic acids is 1. The number of carbonyl (C=O) groups is 1. The summed E-state index contributed by atoms with van der Waals surface area (Å²) in [6.07, 6.45) is 5.89. The van der Waals surface area contributed by atoms with Crippen LogP contribution in [0.15, 0.2) is 24.4 Å². The number of hydrogen-bond acceptors (Lipinski definition) is 4. The lowest BCUT2D eigenvalue weighted by Gasteiger charge is -2.17. The molecular weight excluding hydrogens is 284 g/mol. The summed E-state index contributed by atoms with van der Waals surface area (Å²) >= 11 is 1.78. The third-order valence-electron chi connectivity index (χ3n) is 4.03. The average Bonchev–Trinajstić information content (AvgIpc) is 3.08. The molecule has 0 bridgehead atoms. The maximum atomic E-state index is 12.2. The van der Waals surface area contributed by atoms with Gasteiger partial charge in [0.2, 0.25) is 5.91 Å². The summed E-state index contributed by atoms with van der Waals surface area (Å²) < 4.78 is 1.96.